The smallest absolute Gasteiger partial charge is 0.274 e. The lowest BCUT2D eigenvalue weighted by molar-refractivity contribution is -0.0926. The maximum absolute atomic E-state index is 13.1. The highest BCUT2D eigenvalue weighted by Crippen LogP contribution is 2.43. The molecule has 1 aromatic carbocycles. The third kappa shape index (κ3) is 2.88. The number of carbonyl (C=O) groups excluding carboxylic acids is 1. The van der Waals surface area contributed by atoms with Crippen molar-refractivity contribution >= 4 is 17.2 Å². The van der Waals surface area contributed by atoms with Crippen LogP contribution in [0.1, 0.15) is 33.8 Å². The van der Waals surface area contributed by atoms with Crippen LogP contribution in [0.2, 0.25) is 0 Å². The van der Waals surface area contributed by atoms with Gasteiger partial charge in [0.25, 0.3) is 5.91 Å². The maximum atomic E-state index is 13.1. The molecule has 1 fully saturated rings. The molecule has 0 saturated carbocycles. The molecule has 1 amide bonds. The lowest BCUT2D eigenvalue weighted by Gasteiger charge is -2.43. The molecule has 2 aliphatic heterocycles. The number of aryl methyl sites for hydroxylation is 1. The number of piperidine rings is 1. The summed E-state index contributed by atoms with van der Waals surface area (Å²) in [5.41, 5.74) is 3.67. The Morgan fingerprint density at radius 2 is 1.96 bits per heavy atom. The summed E-state index contributed by atoms with van der Waals surface area (Å²) in [6.07, 6.45) is 2.70. The highest BCUT2D eigenvalue weighted by Gasteiger charge is 2.42. The average Bonchev–Trinajstić information content (AvgIpc) is 3.36. The first-order valence-corrected chi connectivity index (χ1v) is 10.6. The van der Waals surface area contributed by atoms with E-state index in [1.54, 1.807) is 4.68 Å². The molecule has 0 aliphatic carbocycles. The van der Waals surface area contributed by atoms with Crippen LogP contribution in [-0.2, 0) is 23.8 Å². The fourth-order valence-electron chi connectivity index (χ4n) is 4.45. The number of fused-ring (bicyclic) bond motifs is 2. The van der Waals surface area contributed by atoms with Gasteiger partial charge in [-0.2, -0.15) is 5.10 Å². The summed E-state index contributed by atoms with van der Waals surface area (Å²) < 4.78 is 8.04. The molecule has 3 aromatic rings. The number of hydrogen-bond donors (Lipinski definition) is 0. The Hall–Kier alpha value is -2.44. The minimum absolute atomic E-state index is 0.00832. The summed E-state index contributed by atoms with van der Waals surface area (Å²) in [7, 11) is 1.89. The molecule has 0 bridgehead atoms. The summed E-state index contributed by atoms with van der Waals surface area (Å²) in [4.78, 5) is 16.4. The quantitative estimate of drug-likeness (QED) is 0.664. The van der Waals surface area contributed by atoms with Crippen molar-refractivity contribution in [1.29, 1.82) is 0 Å². The highest BCUT2D eigenvalue weighted by atomic mass is 32.1. The molecule has 144 valence electrons. The molecule has 4 heterocycles. The first kappa shape index (κ1) is 17.6. The maximum Gasteiger partial charge on any atom is 0.274 e. The van der Waals surface area contributed by atoms with Crippen molar-refractivity contribution in [3.63, 3.8) is 0 Å². The zero-order chi connectivity index (χ0) is 19.1. The van der Waals surface area contributed by atoms with Crippen LogP contribution >= 0.6 is 11.3 Å². The zero-order valence-electron chi connectivity index (χ0n) is 15.9. The van der Waals surface area contributed by atoms with Crippen molar-refractivity contribution in [2.45, 2.75) is 24.9 Å². The number of likely N-dealkylation sites (tertiary alicyclic amines) is 1. The molecule has 0 atom stereocenters. The largest absolute Gasteiger partial charge is 0.370 e. The van der Waals surface area contributed by atoms with Crippen molar-refractivity contribution in [3.8, 4) is 11.3 Å². The van der Waals surface area contributed by atoms with E-state index in [-0.39, 0.29) is 11.5 Å². The van der Waals surface area contributed by atoms with Gasteiger partial charge in [-0.25, -0.2) is 0 Å². The second-order valence-electron chi connectivity index (χ2n) is 7.55. The monoisotopic (exact) mass is 393 g/mol. The molecule has 1 saturated heterocycles. The Balaban J connectivity index is 1.34. The number of amides is 1. The van der Waals surface area contributed by atoms with E-state index in [0.717, 1.165) is 37.1 Å². The van der Waals surface area contributed by atoms with E-state index in [4.69, 9.17) is 4.74 Å². The van der Waals surface area contributed by atoms with Crippen LogP contribution in [0, 0.1) is 0 Å². The zero-order valence-corrected chi connectivity index (χ0v) is 16.7. The number of nitrogens with zero attached hydrogens (tertiary/aromatic N) is 3. The number of hydrogen-bond acceptors (Lipinski definition) is 4. The highest BCUT2D eigenvalue weighted by molar-refractivity contribution is 7.10. The van der Waals surface area contributed by atoms with Gasteiger partial charge in [0.1, 0.15) is 0 Å². The molecule has 6 heteroatoms. The van der Waals surface area contributed by atoms with Crippen molar-refractivity contribution < 1.29 is 9.53 Å². The Morgan fingerprint density at radius 3 is 2.75 bits per heavy atom. The summed E-state index contributed by atoms with van der Waals surface area (Å²) in [5, 5.41) is 6.65. The van der Waals surface area contributed by atoms with Crippen molar-refractivity contribution in [3.05, 3.63) is 64.0 Å². The number of benzene rings is 1. The second kappa shape index (κ2) is 6.87. The molecular formula is C22H23N3O2S. The Labute approximate surface area is 168 Å². The van der Waals surface area contributed by atoms with Crippen LogP contribution in [0.4, 0.5) is 0 Å². The van der Waals surface area contributed by atoms with E-state index < -0.39 is 0 Å². The van der Waals surface area contributed by atoms with Gasteiger partial charge in [-0.05, 0) is 41.5 Å². The van der Waals surface area contributed by atoms with Gasteiger partial charge in [-0.3, -0.25) is 9.48 Å². The number of carbonyl (C=O) groups is 1. The fourth-order valence-corrected chi connectivity index (χ4v) is 5.41. The molecule has 5 rings (SSSR count). The first-order chi connectivity index (χ1) is 13.7. The lowest BCUT2D eigenvalue weighted by Crippen LogP contribution is -2.48. The van der Waals surface area contributed by atoms with Crippen LogP contribution in [0.5, 0.6) is 0 Å². The van der Waals surface area contributed by atoms with Gasteiger partial charge in [0.2, 0.25) is 0 Å². The van der Waals surface area contributed by atoms with E-state index in [2.05, 4.69) is 16.5 Å². The minimum Gasteiger partial charge on any atom is -0.370 e. The van der Waals surface area contributed by atoms with E-state index in [1.807, 2.05) is 59.7 Å². The van der Waals surface area contributed by atoms with Crippen LogP contribution in [0.25, 0.3) is 11.3 Å². The number of thiophene rings is 1. The average molecular weight is 394 g/mol. The van der Waals surface area contributed by atoms with Gasteiger partial charge in [0, 0.05) is 31.4 Å². The SMILES string of the molecule is Cn1nc(C(=O)N2CCC3(CC2)OCCc2sccc23)cc1-c1ccccc1. The lowest BCUT2D eigenvalue weighted by atomic mass is 9.82. The molecule has 0 unspecified atom stereocenters. The van der Waals surface area contributed by atoms with Gasteiger partial charge >= 0.3 is 0 Å². The third-order valence-corrected chi connectivity index (χ3v) is 6.95. The molecular weight excluding hydrogens is 370 g/mol. The molecule has 2 aliphatic rings. The van der Waals surface area contributed by atoms with Crippen LogP contribution in [0.15, 0.2) is 47.8 Å². The fraction of sp³-hybridized carbons (Fsp3) is 0.364. The molecule has 1 spiro atoms. The van der Waals surface area contributed by atoms with Gasteiger partial charge in [0.15, 0.2) is 5.69 Å². The predicted molar refractivity (Wildman–Crippen MR) is 109 cm³/mol. The summed E-state index contributed by atoms with van der Waals surface area (Å²) >= 11 is 1.83. The molecule has 0 radical (unpaired) electrons. The van der Waals surface area contributed by atoms with Gasteiger partial charge in [-0.1, -0.05) is 30.3 Å². The van der Waals surface area contributed by atoms with Crippen molar-refractivity contribution in [1.82, 2.24) is 14.7 Å². The number of ether oxygens (including phenoxy) is 1. The summed E-state index contributed by atoms with van der Waals surface area (Å²) in [5.74, 6) is 0.00832. The van der Waals surface area contributed by atoms with E-state index in [1.165, 1.54) is 10.4 Å². The van der Waals surface area contributed by atoms with E-state index in [9.17, 15) is 4.79 Å². The van der Waals surface area contributed by atoms with Gasteiger partial charge < -0.3 is 9.64 Å². The standard InChI is InChI=1S/C22H23N3O2S/c1-24-19(16-5-3-2-4-6-16)15-18(23-24)21(26)25-11-9-22(10-12-25)17-8-14-28-20(17)7-13-27-22/h2-6,8,14-15H,7,9-13H2,1H3. The van der Waals surface area contributed by atoms with Crippen LogP contribution < -0.4 is 0 Å². The van der Waals surface area contributed by atoms with E-state index >= 15 is 0 Å². The molecule has 0 N–H and O–H groups in total. The first-order valence-electron chi connectivity index (χ1n) is 9.76. The van der Waals surface area contributed by atoms with Gasteiger partial charge in [0.05, 0.1) is 17.9 Å². The number of rotatable bonds is 2. The minimum atomic E-state index is -0.205. The van der Waals surface area contributed by atoms with Crippen molar-refractivity contribution in [2.75, 3.05) is 19.7 Å². The normalized spacial score (nSPS) is 18.2. The molecule has 5 nitrogen and oxygen atoms in total. The van der Waals surface area contributed by atoms with E-state index in [0.29, 0.717) is 18.8 Å². The third-order valence-electron chi connectivity index (χ3n) is 5.97. The molecule has 2 aromatic heterocycles. The summed E-state index contributed by atoms with van der Waals surface area (Å²) in [6, 6.07) is 14.2. The van der Waals surface area contributed by atoms with Crippen LogP contribution in [-0.4, -0.2) is 40.3 Å². The second-order valence-corrected chi connectivity index (χ2v) is 8.55. The Bertz CT molecular complexity index is 1000. The topological polar surface area (TPSA) is 47.4 Å². The predicted octanol–water partition coefficient (Wildman–Crippen LogP) is 3.85. The van der Waals surface area contributed by atoms with Crippen molar-refractivity contribution in [2.24, 2.45) is 7.05 Å². The van der Waals surface area contributed by atoms with Crippen LogP contribution in [0.3, 0.4) is 0 Å². The molecule has 28 heavy (non-hydrogen) atoms. The Morgan fingerprint density at radius 1 is 1.18 bits per heavy atom. The summed E-state index contributed by atoms with van der Waals surface area (Å²) in [6.45, 7) is 2.18. The van der Waals surface area contributed by atoms with Gasteiger partial charge in [-0.15, -0.1) is 11.3 Å². The number of aromatic nitrogens is 2. The Kier molecular flexibility index (Phi) is 4.33.